The molecule has 0 spiro atoms. The first-order valence-electron chi connectivity index (χ1n) is 7.18. The van der Waals surface area contributed by atoms with Gasteiger partial charge in [0.2, 0.25) is 11.8 Å². The minimum atomic E-state index is -3.01. The van der Waals surface area contributed by atoms with E-state index in [2.05, 4.69) is 5.32 Å². The van der Waals surface area contributed by atoms with Gasteiger partial charge in [-0.1, -0.05) is 6.07 Å². The van der Waals surface area contributed by atoms with E-state index in [1.54, 1.807) is 18.3 Å². The lowest BCUT2D eigenvalue weighted by molar-refractivity contribution is -0.135. The maximum absolute atomic E-state index is 12.2. The van der Waals surface area contributed by atoms with Crippen molar-refractivity contribution in [1.82, 2.24) is 10.2 Å². The monoisotopic (exact) mass is 344 g/mol. The molecule has 1 saturated heterocycles. The highest BCUT2D eigenvalue weighted by Crippen LogP contribution is 2.11. The molecular formula is C14H20N2O4S2. The quantitative estimate of drug-likeness (QED) is 0.840. The summed E-state index contributed by atoms with van der Waals surface area (Å²) in [5.74, 6) is -0.395. The molecule has 1 unspecified atom stereocenters. The molecular weight excluding hydrogens is 324 g/mol. The number of nitrogens with one attached hydrogen (secondary N) is 1. The fourth-order valence-electron chi connectivity index (χ4n) is 2.27. The highest BCUT2D eigenvalue weighted by Gasteiger charge is 2.28. The van der Waals surface area contributed by atoms with Crippen LogP contribution in [0.4, 0.5) is 0 Å². The van der Waals surface area contributed by atoms with E-state index in [-0.39, 0.29) is 36.4 Å². The molecule has 22 heavy (non-hydrogen) atoms. The highest BCUT2D eigenvalue weighted by molar-refractivity contribution is 7.91. The van der Waals surface area contributed by atoms with Crippen LogP contribution in [0.15, 0.2) is 17.5 Å². The van der Waals surface area contributed by atoms with E-state index in [1.165, 1.54) is 4.90 Å². The molecule has 1 aliphatic heterocycles. The molecule has 2 heterocycles. The summed E-state index contributed by atoms with van der Waals surface area (Å²) in [7, 11) is -3.01. The molecule has 0 bridgehead atoms. The Bertz CT molecular complexity index is 611. The molecule has 0 aromatic carbocycles. The lowest BCUT2D eigenvalue weighted by Gasteiger charge is -2.29. The van der Waals surface area contributed by atoms with Crippen molar-refractivity contribution in [3.63, 3.8) is 0 Å². The van der Waals surface area contributed by atoms with Crippen molar-refractivity contribution in [3.05, 3.63) is 22.4 Å². The highest BCUT2D eigenvalue weighted by atomic mass is 32.2. The van der Waals surface area contributed by atoms with Crippen LogP contribution in [0.3, 0.4) is 0 Å². The van der Waals surface area contributed by atoms with Gasteiger partial charge in [-0.05, 0) is 24.8 Å². The fourth-order valence-corrected chi connectivity index (χ4v) is 4.18. The molecule has 2 rings (SSSR count). The summed E-state index contributed by atoms with van der Waals surface area (Å²) >= 11 is 1.60. The third-order valence-corrected chi connectivity index (χ3v) is 6.13. The van der Waals surface area contributed by atoms with Crippen LogP contribution in [0.25, 0.3) is 0 Å². The minimum Gasteiger partial charge on any atom is -0.345 e. The maximum atomic E-state index is 12.2. The zero-order chi connectivity index (χ0) is 16.2. The molecule has 0 aliphatic carbocycles. The van der Waals surface area contributed by atoms with Gasteiger partial charge in [0, 0.05) is 24.4 Å². The van der Waals surface area contributed by atoms with E-state index in [9.17, 15) is 18.0 Å². The normalized spacial score (nSPS) is 18.7. The molecule has 1 aromatic heterocycles. The van der Waals surface area contributed by atoms with Crippen LogP contribution < -0.4 is 5.32 Å². The number of rotatable bonds is 5. The van der Waals surface area contributed by atoms with E-state index < -0.39 is 15.9 Å². The molecule has 0 radical (unpaired) electrons. The van der Waals surface area contributed by atoms with Crippen molar-refractivity contribution in [1.29, 1.82) is 0 Å². The van der Waals surface area contributed by atoms with E-state index in [0.717, 1.165) is 4.88 Å². The van der Waals surface area contributed by atoms with Gasteiger partial charge in [0.1, 0.15) is 6.04 Å². The van der Waals surface area contributed by atoms with E-state index in [0.29, 0.717) is 12.8 Å². The van der Waals surface area contributed by atoms with Crippen LogP contribution in [0.1, 0.15) is 18.2 Å². The van der Waals surface area contributed by atoms with Gasteiger partial charge in [0.05, 0.1) is 11.5 Å². The van der Waals surface area contributed by atoms with Gasteiger partial charge in [0.25, 0.3) is 0 Å². The topological polar surface area (TPSA) is 83.6 Å². The van der Waals surface area contributed by atoms with E-state index in [4.69, 9.17) is 0 Å². The van der Waals surface area contributed by atoms with Crippen LogP contribution in [0.2, 0.25) is 0 Å². The second kappa shape index (κ2) is 7.23. The SMILES string of the molecule is CC(NC(=O)CCc1cccs1)C(=O)N1CCS(=O)(=O)CC1. The second-order valence-electron chi connectivity index (χ2n) is 5.35. The van der Waals surface area contributed by atoms with Gasteiger partial charge in [-0.2, -0.15) is 0 Å². The molecule has 2 amide bonds. The number of thiophene rings is 1. The van der Waals surface area contributed by atoms with Crippen molar-refractivity contribution in [3.8, 4) is 0 Å². The number of hydrogen-bond acceptors (Lipinski definition) is 5. The summed E-state index contributed by atoms with van der Waals surface area (Å²) in [6.45, 7) is 2.04. The molecule has 122 valence electrons. The van der Waals surface area contributed by atoms with Crippen LogP contribution in [0.5, 0.6) is 0 Å². The Morgan fingerprint density at radius 2 is 2.05 bits per heavy atom. The summed E-state index contributed by atoms with van der Waals surface area (Å²) in [4.78, 5) is 26.7. The van der Waals surface area contributed by atoms with Gasteiger partial charge >= 0.3 is 0 Å². The summed E-state index contributed by atoms with van der Waals surface area (Å²) < 4.78 is 22.7. The zero-order valence-corrected chi connectivity index (χ0v) is 14.1. The first kappa shape index (κ1) is 17.0. The molecule has 1 aromatic rings. The Kier molecular flexibility index (Phi) is 5.57. The second-order valence-corrected chi connectivity index (χ2v) is 8.68. The molecule has 8 heteroatoms. The lowest BCUT2D eigenvalue weighted by atomic mass is 10.2. The Hall–Kier alpha value is -1.41. The molecule has 6 nitrogen and oxygen atoms in total. The first-order chi connectivity index (χ1) is 10.4. The van der Waals surface area contributed by atoms with Crippen molar-refractivity contribution < 1.29 is 18.0 Å². The number of carbonyl (C=O) groups is 2. The number of hydrogen-bond donors (Lipinski definition) is 1. The average molecular weight is 344 g/mol. The van der Waals surface area contributed by atoms with Gasteiger partial charge in [-0.3, -0.25) is 9.59 Å². The van der Waals surface area contributed by atoms with Gasteiger partial charge < -0.3 is 10.2 Å². The summed E-state index contributed by atoms with van der Waals surface area (Å²) in [6.07, 6.45) is 0.999. The summed E-state index contributed by atoms with van der Waals surface area (Å²) in [6, 6.07) is 3.28. The maximum Gasteiger partial charge on any atom is 0.244 e. The van der Waals surface area contributed by atoms with Crippen LogP contribution >= 0.6 is 11.3 Å². The first-order valence-corrected chi connectivity index (χ1v) is 9.88. The number of amides is 2. The van der Waals surface area contributed by atoms with Crippen LogP contribution in [-0.4, -0.2) is 55.8 Å². The van der Waals surface area contributed by atoms with Crippen molar-refractivity contribution in [2.24, 2.45) is 0 Å². The Morgan fingerprint density at radius 1 is 1.36 bits per heavy atom. The van der Waals surface area contributed by atoms with E-state index in [1.807, 2.05) is 17.5 Å². The predicted octanol–water partition coefficient (Wildman–Crippen LogP) is 0.442. The van der Waals surface area contributed by atoms with Gasteiger partial charge in [-0.15, -0.1) is 11.3 Å². The Morgan fingerprint density at radius 3 is 2.64 bits per heavy atom. The molecule has 0 saturated carbocycles. The minimum absolute atomic E-state index is 0.00220. The van der Waals surface area contributed by atoms with Gasteiger partial charge in [-0.25, -0.2) is 8.42 Å². The third kappa shape index (κ3) is 4.81. The largest absolute Gasteiger partial charge is 0.345 e. The van der Waals surface area contributed by atoms with Crippen molar-refractivity contribution in [2.45, 2.75) is 25.8 Å². The Labute approximate surface area is 134 Å². The molecule has 1 N–H and O–H groups in total. The average Bonchev–Trinajstić information content (AvgIpc) is 2.97. The predicted molar refractivity (Wildman–Crippen MR) is 85.5 cm³/mol. The molecule has 1 aliphatic rings. The van der Waals surface area contributed by atoms with Crippen LogP contribution in [-0.2, 0) is 25.8 Å². The fraction of sp³-hybridized carbons (Fsp3) is 0.571. The number of nitrogens with zero attached hydrogens (tertiary/aromatic N) is 1. The third-order valence-electron chi connectivity index (χ3n) is 3.58. The number of aryl methyl sites for hydroxylation is 1. The van der Waals surface area contributed by atoms with E-state index >= 15 is 0 Å². The lowest BCUT2D eigenvalue weighted by Crippen LogP contribution is -2.51. The smallest absolute Gasteiger partial charge is 0.244 e. The van der Waals surface area contributed by atoms with Crippen molar-refractivity contribution in [2.75, 3.05) is 24.6 Å². The summed E-state index contributed by atoms with van der Waals surface area (Å²) in [5.41, 5.74) is 0. The van der Waals surface area contributed by atoms with Gasteiger partial charge in [0.15, 0.2) is 9.84 Å². The number of carbonyl (C=O) groups excluding carboxylic acids is 2. The summed E-state index contributed by atoms with van der Waals surface area (Å²) in [5, 5.41) is 4.65. The molecule has 1 fully saturated rings. The van der Waals surface area contributed by atoms with Crippen LogP contribution in [0, 0.1) is 0 Å². The molecule has 1 atom stereocenters. The zero-order valence-electron chi connectivity index (χ0n) is 12.4. The van der Waals surface area contributed by atoms with Crippen molar-refractivity contribution >= 4 is 33.0 Å². The Balaban J connectivity index is 1.77. The standard InChI is InChI=1S/C14H20N2O4S2/c1-11(14(18)16-6-9-22(19,20)10-7-16)15-13(17)5-4-12-3-2-8-21-12/h2-3,8,11H,4-7,9-10H2,1H3,(H,15,17). The number of sulfone groups is 1.